The lowest BCUT2D eigenvalue weighted by atomic mass is 9.99. The van der Waals surface area contributed by atoms with Crippen LogP contribution in [0.1, 0.15) is 12.5 Å². The Balaban J connectivity index is 2.05. The predicted molar refractivity (Wildman–Crippen MR) is 108 cm³/mol. The molecule has 4 nitrogen and oxygen atoms in total. The second-order valence-corrected chi connectivity index (χ2v) is 6.17. The SMILES string of the molecule is C=C1C=C(N)C(C)=C/C1=N/c1cc(C)c(N)cc1Nc1ccccc1. The second kappa shape index (κ2) is 6.69. The van der Waals surface area contributed by atoms with Crippen LogP contribution in [-0.2, 0) is 0 Å². The molecule has 126 valence electrons. The van der Waals surface area contributed by atoms with E-state index in [4.69, 9.17) is 16.5 Å². The van der Waals surface area contributed by atoms with E-state index in [2.05, 4.69) is 11.9 Å². The fraction of sp³-hybridized carbons (Fsp3) is 0.0952. The fourth-order valence-corrected chi connectivity index (χ4v) is 2.57. The number of anilines is 3. The van der Waals surface area contributed by atoms with E-state index in [1.165, 1.54) is 0 Å². The Kier molecular flexibility index (Phi) is 4.44. The monoisotopic (exact) mass is 330 g/mol. The van der Waals surface area contributed by atoms with Crippen molar-refractivity contribution < 1.29 is 0 Å². The summed E-state index contributed by atoms with van der Waals surface area (Å²) in [6, 6.07) is 13.8. The number of nitrogen functional groups attached to an aromatic ring is 1. The molecule has 4 heteroatoms. The Bertz CT molecular complexity index is 918. The van der Waals surface area contributed by atoms with E-state index in [0.717, 1.165) is 50.9 Å². The van der Waals surface area contributed by atoms with Gasteiger partial charge in [0.25, 0.3) is 0 Å². The molecule has 0 heterocycles. The first kappa shape index (κ1) is 16.6. The fourth-order valence-electron chi connectivity index (χ4n) is 2.57. The lowest BCUT2D eigenvalue weighted by Crippen LogP contribution is -2.10. The van der Waals surface area contributed by atoms with Gasteiger partial charge in [-0.25, -0.2) is 4.99 Å². The molecule has 1 aliphatic rings. The number of hydrogen-bond donors (Lipinski definition) is 3. The number of nitrogens with zero attached hydrogens (tertiary/aromatic N) is 1. The molecule has 25 heavy (non-hydrogen) atoms. The molecule has 0 radical (unpaired) electrons. The number of benzene rings is 2. The number of para-hydroxylation sites is 1. The molecule has 3 rings (SSSR count). The van der Waals surface area contributed by atoms with Crippen LogP contribution in [-0.4, -0.2) is 5.71 Å². The molecular weight excluding hydrogens is 308 g/mol. The number of rotatable bonds is 3. The molecule has 0 aliphatic heterocycles. The summed E-state index contributed by atoms with van der Waals surface area (Å²) in [4.78, 5) is 4.80. The topological polar surface area (TPSA) is 76.4 Å². The molecule has 0 unspecified atom stereocenters. The third kappa shape index (κ3) is 3.63. The smallest absolute Gasteiger partial charge is 0.0876 e. The standard InChI is InChI=1S/C21H22N4/c1-13-10-19(15(3)9-17(13)22)25-20-11-14(2)18(23)12-21(20)24-16-7-5-4-6-8-16/h4-12,24H,3,22-23H2,1-2H3/b25-19-. The summed E-state index contributed by atoms with van der Waals surface area (Å²) in [7, 11) is 0. The maximum Gasteiger partial charge on any atom is 0.0876 e. The average molecular weight is 330 g/mol. The molecule has 0 saturated heterocycles. The zero-order valence-electron chi connectivity index (χ0n) is 14.5. The summed E-state index contributed by atoms with van der Waals surface area (Å²) in [6.45, 7) is 7.99. The Hall–Kier alpha value is -3.27. The molecule has 0 aromatic heterocycles. The molecule has 0 amide bonds. The number of allylic oxidation sites excluding steroid dienone is 4. The van der Waals surface area contributed by atoms with Crippen LogP contribution in [0.25, 0.3) is 0 Å². The van der Waals surface area contributed by atoms with Gasteiger partial charge in [0.15, 0.2) is 0 Å². The van der Waals surface area contributed by atoms with Gasteiger partial charge in [-0.05, 0) is 67.0 Å². The molecule has 0 fully saturated rings. The highest BCUT2D eigenvalue weighted by molar-refractivity contribution is 6.13. The van der Waals surface area contributed by atoms with E-state index >= 15 is 0 Å². The third-order valence-corrected chi connectivity index (χ3v) is 4.15. The first-order valence-electron chi connectivity index (χ1n) is 8.10. The lowest BCUT2D eigenvalue weighted by molar-refractivity contribution is 1.27. The highest BCUT2D eigenvalue weighted by atomic mass is 14.9. The normalized spacial score (nSPS) is 15.8. The van der Waals surface area contributed by atoms with Gasteiger partial charge in [-0.3, -0.25) is 0 Å². The van der Waals surface area contributed by atoms with Crippen molar-refractivity contribution in [2.75, 3.05) is 11.1 Å². The van der Waals surface area contributed by atoms with Crippen molar-refractivity contribution >= 4 is 28.5 Å². The number of hydrogen-bond acceptors (Lipinski definition) is 4. The largest absolute Gasteiger partial charge is 0.398 e. The summed E-state index contributed by atoms with van der Waals surface area (Å²) in [5, 5.41) is 3.39. The van der Waals surface area contributed by atoms with Gasteiger partial charge in [0.05, 0.1) is 17.1 Å². The first-order chi connectivity index (χ1) is 11.9. The van der Waals surface area contributed by atoms with Gasteiger partial charge in [0.1, 0.15) is 0 Å². The van der Waals surface area contributed by atoms with Crippen molar-refractivity contribution in [2.24, 2.45) is 10.7 Å². The van der Waals surface area contributed by atoms with Gasteiger partial charge < -0.3 is 16.8 Å². The number of nitrogens with two attached hydrogens (primary N) is 2. The quantitative estimate of drug-likeness (QED) is 0.711. The van der Waals surface area contributed by atoms with Crippen molar-refractivity contribution in [3.8, 4) is 0 Å². The molecule has 0 atom stereocenters. The molecule has 5 N–H and O–H groups in total. The molecule has 2 aromatic carbocycles. The van der Waals surface area contributed by atoms with E-state index in [9.17, 15) is 0 Å². The minimum absolute atomic E-state index is 0.722. The zero-order chi connectivity index (χ0) is 18.0. The molecule has 1 aliphatic carbocycles. The Morgan fingerprint density at radius 3 is 2.44 bits per heavy atom. The maximum absolute atomic E-state index is 6.10. The molecular formula is C21H22N4. The van der Waals surface area contributed by atoms with Crippen LogP contribution in [0.3, 0.4) is 0 Å². The van der Waals surface area contributed by atoms with Gasteiger partial charge >= 0.3 is 0 Å². The average Bonchev–Trinajstić information content (AvgIpc) is 2.58. The highest BCUT2D eigenvalue weighted by Gasteiger charge is 2.12. The molecule has 0 saturated carbocycles. The van der Waals surface area contributed by atoms with E-state index in [-0.39, 0.29) is 0 Å². The summed E-state index contributed by atoms with van der Waals surface area (Å²) in [6.07, 6.45) is 3.80. The van der Waals surface area contributed by atoms with Crippen LogP contribution in [0.2, 0.25) is 0 Å². The van der Waals surface area contributed by atoms with Gasteiger partial charge in [0, 0.05) is 17.1 Å². The molecule has 0 spiro atoms. The molecule has 0 bridgehead atoms. The van der Waals surface area contributed by atoms with Crippen LogP contribution in [0.4, 0.5) is 22.7 Å². The van der Waals surface area contributed by atoms with E-state index in [1.807, 2.05) is 68.5 Å². The van der Waals surface area contributed by atoms with Crippen molar-refractivity contribution in [3.63, 3.8) is 0 Å². The van der Waals surface area contributed by atoms with Crippen LogP contribution in [0.5, 0.6) is 0 Å². The van der Waals surface area contributed by atoms with Gasteiger partial charge in [-0.1, -0.05) is 24.8 Å². The predicted octanol–water partition coefficient (Wildman–Crippen LogP) is 4.75. The first-order valence-corrected chi connectivity index (χ1v) is 8.10. The van der Waals surface area contributed by atoms with Crippen molar-refractivity contribution in [2.45, 2.75) is 13.8 Å². The Morgan fingerprint density at radius 1 is 1.00 bits per heavy atom. The van der Waals surface area contributed by atoms with Crippen molar-refractivity contribution in [3.05, 3.63) is 83.6 Å². The van der Waals surface area contributed by atoms with Gasteiger partial charge in [-0.2, -0.15) is 0 Å². The summed E-state index contributed by atoms with van der Waals surface area (Å²) >= 11 is 0. The Labute approximate surface area is 148 Å². The second-order valence-electron chi connectivity index (χ2n) is 6.17. The summed E-state index contributed by atoms with van der Waals surface area (Å²) in [5.41, 5.74) is 19.7. The molecule has 2 aromatic rings. The third-order valence-electron chi connectivity index (χ3n) is 4.15. The minimum Gasteiger partial charge on any atom is -0.398 e. The number of nitrogens with one attached hydrogen (secondary N) is 1. The van der Waals surface area contributed by atoms with Crippen molar-refractivity contribution in [1.29, 1.82) is 0 Å². The number of aliphatic imine (C=N–C) groups is 1. The van der Waals surface area contributed by atoms with Crippen LogP contribution >= 0.6 is 0 Å². The van der Waals surface area contributed by atoms with Crippen LogP contribution in [0.15, 0.2) is 83.0 Å². The van der Waals surface area contributed by atoms with Crippen LogP contribution < -0.4 is 16.8 Å². The van der Waals surface area contributed by atoms with Gasteiger partial charge in [0.2, 0.25) is 0 Å². The maximum atomic E-state index is 6.10. The van der Waals surface area contributed by atoms with E-state index in [0.29, 0.717) is 0 Å². The van der Waals surface area contributed by atoms with Gasteiger partial charge in [-0.15, -0.1) is 0 Å². The highest BCUT2D eigenvalue weighted by Crippen LogP contribution is 2.33. The zero-order valence-corrected chi connectivity index (χ0v) is 14.5. The Morgan fingerprint density at radius 2 is 1.72 bits per heavy atom. The van der Waals surface area contributed by atoms with E-state index in [1.54, 1.807) is 0 Å². The lowest BCUT2D eigenvalue weighted by Gasteiger charge is -2.15. The summed E-state index contributed by atoms with van der Waals surface area (Å²) in [5.74, 6) is 0. The number of aryl methyl sites for hydroxylation is 1. The van der Waals surface area contributed by atoms with E-state index < -0.39 is 0 Å². The summed E-state index contributed by atoms with van der Waals surface area (Å²) < 4.78 is 0. The van der Waals surface area contributed by atoms with Crippen molar-refractivity contribution in [1.82, 2.24) is 0 Å². The van der Waals surface area contributed by atoms with Crippen LogP contribution in [0, 0.1) is 6.92 Å². The minimum atomic E-state index is 0.722.